The number of hydrogen-bond acceptors (Lipinski definition) is 6. The van der Waals surface area contributed by atoms with Gasteiger partial charge in [0.25, 0.3) is 0 Å². The van der Waals surface area contributed by atoms with Gasteiger partial charge in [0.2, 0.25) is 0 Å². The largest absolute Gasteiger partial charge is 0.480 e. The number of aryl methyl sites for hydroxylation is 1. The quantitative estimate of drug-likeness (QED) is 0.782. The molecule has 2 aromatic heterocycles. The predicted octanol–water partition coefficient (Wildman–Crippen LogP) is 1.77. The number of nitrogens with two attached hydrogens (primary N) is 1. The van der Waals surface area contributed by atoms with E-state index in [0.29, 0.717) is 22.1 Å². The molecule has 2 heterocycles. The molecular weight excluding hydrogens is 278 g/mol. The van der Waals surface area contributed by atoms with Crippen molar-refractivity contribution in [3.8, 4) is 0 Å². The fraction of sp³-hybridized carbons (Fsp3) is 0.500. The number of fused-ring (bicyclic) bond motifs is 1. The summed E-state index contributed by atoms with van der Waals surface area (Å²) >= 11 is 1.19. The third kappa shape index (κ3) is 2.84. The zero-order valence-electron chi connectivity index (χ0n) is 11.4. The van der Waals surface area contributed by atoms with Gasteiger partial charge in [-0.25, -0.2) is 15.0 Å². The van der Waals surface area contributed by atoms with Crippen molar-refractivity contribution in [1.29, 1.82) is 0 Å². The zero-order valence-corrected chi connectivity index (χ0v) is 12.2. The van der Waals surface area contributed by atoms with Crippen molar-refractivity contribution in [2.75, 3.05) is 5.73 Å². The maximum absolute atomic E-state index is 11.0. The molecule has 0 saturated carbocycles. The summed E-state index contributed by atoms with van der Waals surface area (Å²) in [5.74, 6) is -0.557. The molecule has 0 fully saturated rings. The Bertz CT molecular complexity index is 628. The van der Waals surface area contributed by atoms with E-state index in [-0.39, 0.29) is 0 Å². The lowest BCUT2D eigenvalue weighted by Gasteiger charge is -2.09. The smallest absolute Gasteiger partial charge is 0.316 e. The van der Waals surface area contributed by atoms with Crippen LogP contribution in [0.4, 0.5) is 5.82 Å². The molecule has 2 rings (SSSR count). The van der Waals surface area contributed by atoms with Gasteiger partial charge in [-0.15, -0.1) is 0 Å². The Kier molecular flexibility index (Phi) is 4.43. The van der Waals surface area contributed by atoms with E-state index in [9.17, 15) is 4.79 Å². The Morgan fingerprint density at radius 3 is 2.95 bits per heavy atom. The second-order valence-corrected chi connectivity index (χ2v) is 5.74. The lowest BCUT2D eigenvalue weighted by Crippen LogP contribution is -2.13. The molecule has 0 unspecified atom stereocenters. The summed E-state index contributed by atoms with van der Waals surface area (Å²) in [4.78, 5) is 23.5. The summed E-state index contributed by atoms with van der Waals surface area (Å²) in [5.41, 5.74) is 6.99. The third-order valence-electron chi connectivity index (χ3n) is 2.89. The fourth-order valence-corrected chi connectivity index (χ4v) is 2.62. The van der Waals surface area contributed by atoms with Crippen LogP contribution in [0.15, 0.2) is 11.5 Å². The highest BCUT2D eigenvalue weighted by molar-refractivity contribution is 8.00. The van der Waals surface area contributed by atoms with Crippen LogP contribution >= 0.6 is 11.8 Å². The minimum atomic E-state index is -0.872. The van der Waals surface area contributed by atoms with Gasteiger partial charge in [0, 0.05) is 6.54 Å². The molecule has 3 N–H and O–H groups in total. The van der Waals surface area contributed by atoms with Crippen LogP contribution in [0, 0.1) is 0 Å². The van der Waals surface area contributed by atoms with Gasteiger partial charge in [0.15, 0.2) is 22.1 Å². The fourth-order valence-electron chi connectivity index (χ4n) is 1.75. The highest BCUT2D eigenvalue weighted by Gasteiger charge is 2.20. The van der Waals surface area contributed by atoms with Crippen LogP contribution in [0.2, 0.25) is 0 Å². The number of aromatic nitrogens is 4. The van der Waals surface area contributed by atoms with Gasteiger partial charge in [0.05, 0.1) is 0 Å². The molecule has 0 spiro atoms. The first-order valence-corrected chi connectivity index (χ1v) is 7.28. The molecule has 1 atom stereocenters. The average Bonchev–Trinajstić information content (AvgIpc) is 2.75. The summed E-state index contributed by atoms with van der Waals surface area (Å²) in [5, 5.41) is 9.07. The van der Waals surface area contributed by atoms with Gasteiger partial charge in [0.1, 0.15) is 11.6 Å². The number of carbonyl (C=O) groups is 1. The average molecular weight is 295 g/mol. The molecule has 0 radical (unpaired) electrons. The van der Waals surface area contributed by atoms with E-state index >= 15 is 0 Å². The molecule has 2 aromatic rings. The van der Waals surface area contributed by atoms with Crippen molar-refractivity contribution >= 4 is 34.7 Å². The van der Waals surface area contributed by atoms with Crippen LogP contribution in [0.1, 0.15) is 26.7 Å². The van der Waals surface area contributed by atoms with Gasteiger partial charge in [-0.05, 0) is 13.3 Å². The van der Waals surface area contributed by atoms with Crippen LogP contribution in [0.3, 0.4) is 0 Å². The molecule has 108 valence electrons. The van der Waals surface area contributed by atoms with Gasteiger partial charge in [-0.1, -0.05) is 25.1 Å². The SMILES string of the molecule is CCCCn1c(S[C@H](C)C(=O)O)nc2c(N)ncnc21. The minimum Gasteiger partial charge on any atom is -0.480 e. The van der Waals surface area contributed by atoms with E-state index < -0.39 is 11.2 Å². The summed E-state index contributed by atoms with van der Waals surface area (Å²) in [7, 11) is 0. The number of thioether (sulfide) groups is 1. The van der Waals surface area contributed by atoms with Gasteiger partial charge >= 0.3 is 5.97 Å². The monoisotopic (exact) mass is 295 g/mol. The summed E-state index contributed by atoms with van der Waals surface area (Å²) in [6.45, 7) is 4.46. The number of hydrogen-bond donors (Lipinski definition) is 2. The van der Waals surface area contributed by atoms with Crippen LogP contribution in [-0.4, -0.2) is 35.8 Å². The molecule has 0 aliphatic rings. The van der Waals surface area contributed by atoms with E-state index in [4.69, 9.17) is 10.8 Å². The second kappa shape index (κ2) is 6.08. The van der Waals surface area contributed by atoms with Crippen LogP contribution in [0.25, 0.3) is 11.2 Å². The summed E-state index contributed by atoms with van der Waals surface area (Å²) < 4.78 is 1.92. The number of carboxylic acids is 1. The van der Waals surface area contributed by atoms with E-state index in [1.54, 1.807) is 6.92 Å². The van der Waals surface area contributed by atoms with Crippen molar-refractivity contribution in [2.24, 2.45) is 0 Å². The van der Waals surface area contributed by atoms with Crippen LogP contribution < -0.4 is 5.73 Å². The van der Waals surface area contributed by atoms with Gasteiger partial charge in [-0.2, -0.15) is 0 Å². The number of unbranched alkanes of at least 4 members (excludes halogenated alkanes) is 1. The Morgan fingerprint density at radius 2 is 2.30 bits per heavy atom. The number of anilines is 1. The molecule has 0 bridgehead atoms. The Hall–Kier alpha value is -1.83. The number of aliphatic carboxylic acids is 1. The molecule has 0 amide bonds. The normalized spacial score (nSPS) is 12.7. The minimum absolute atomic E-state index is 0.315. The Labute approximate surface area is 120 Å². The first-order valence-electron chi connectivity index (χ1n) is 6.40. The Morgan fingerprint density at radius 1 is 1.55 bits per heavy atom. The first kappa shape index (κ1) is 14.6. The summed E-state index contributed by atoms with van der Waals surface area (Å²) in [6, 6.07) is 0. The maximum Gasteiger partial charge on any atom is 0.316 e. The number of nitrogens with zero attached hydrogens (tertiary/aromatic N) is 4. The van der Waals surface area contributed by atoms with Crippen molar-refractivity contribution in [1.82, 2.24) is 19.5 Å². The van der Waals surface area contributed by atoms with Crippen molar-refractivity contribution in [2.45, 2.75) is 43.6 Å². The lowest BCUT2D eigenvalue weighted by molar-refractivity contribution is -0.136. The zero-order chi connectivity index (χ0) is 14.7. The van der Waals surface area contributed by atoms with Crippen LogP contribution in [0.5, 0.6) is 0 Å². The molecule has 0 aliphatic carbocycles. The first-order chi connectivity index (χ1) is 9.54. The predicted molar refractivity (Wildman–Crippen MR) is 77.6 cm³/mol. The van der Waals surface area contributed by atoms with E-state index in [0.717, 1.165) is 19.4 Å². The molecule has 7 nitrogen and oxygen atoms in total. The molecule has 20 heavy (non-hydrogen) atoms. The highest BCUT2D eigenvalue weighted by Crippen LogP contribution is 2.28. The third-order valence-corrected chi connectivity index (χ3v) is 3.97. The maximum atomic E-state index is 11.0. The molecule has 0 saturated heterocycles. The van der Waals surface area contributed by atoms with Crippen molar-refractivity contribution < 1.29 is 9.90 Å². The highest BCUT2D eigenvalue weighted by atomic mass is 32.2. The number of nitrogen functional groups attached to an aromatic ring is 1. The number of imidazole rings is 1. The standard InChI is InChI=1S/C12H17N5O2S/c1-3-4-5-17-10-8(9(13)14-6-15-10)16-12(17)20-7(2)11(18)19/h6-7H,3-5H2,1-2H3,(H,18,19)(H2,13,14,15)/t7-/m1/s1. The second-order valence-electron chi connectivity index (χ2n) is 4.43. The number of carboxylic acid groups (broad SMARTS) is 1. The van der Waals surface area contributed by atoms with E-state index in [1.807, 2.05) is 4.57 Å². The lowest BCUT2D eigenvalue weighted by atomic mass is 10.3. The topological polar surface area (TPSA) is 107 Å². The van der Waals surface area contributed by atoms with Crippen molar-refractivity contribution in [3.05, 3.63) is 6.33 Å². The van der Waals surface area contributed by atoms with Crippen LogP contribution in [-0.2, 0) is 11.3 Å². The Balaban J connectivity index is 2.45. The molecule has 8 heteroatoms. The number of rotatable bonds is 6. The molecule has 0 aromatic carbocycles. The summed E-state index contributed by atoms with van der Waals surface area (Å²) in [6.07, 6.45) is 3.39. The van der Waals surface area contributed by atoms with E-state index in [1.165, 1.54) is 18.1 Å². The van der Waals surface area contributed by atoms with Crippen molar-refractivity contribution in [3.63, 3.8) is 0 Å². The van der Waals surface area contributed by atoms with Gasteiger partial charge in [-0.3, -0.25) is 4.79 Å². The van der Waals surface area contributed by atoms with E-state index in [2.05, 4.69) is 21.9 Å². The molecular formula is C12H17N5O2S. The van der Waals surface area contributed by atoms with Gasteiger partial charge < -0.3 is 15.4 Å². The molecule has 0 aliphatic heterocycles.